The third-order valence-corrected chi connectivity index (χ3v) is 4.70. The van der Waals surface area contributed by atoms with Crippen LogP contribution in [0.1, 0.15) is 52.2 Å². The van der Waals surface area contributed by atoms with Gasteiger partial charge in [0.15, 0.2) is 0 Å². The molecule has 1 aliphatic heterocycles. The summed E-state index contributed by atoms with van der Waals surface area (Å²) in [5.74, 6) is 0.633. The molecule has 0 radical (unpaired) electrons. The summed E-state index contributed by atoms with van der Waals surface area (Å²) >= 11 is 0. The Morgan fingerprint density at radius 2 is 1.70 bits per heavy atom. The van der Waals surface area contributed by atoms with E-state index >= 15 is 0 Å². The van der Waals surface area contributed by atoms with Gasteiger partial charge in [0, 0.05) is 24.6 Å². The van der Waals surface area contributed by atoms with Crippen molar-refractivity contribution in [1.82, 2.24) is 4.90 Å². The Morgan fingerprint density at radius 3 is 2.39 bits per heavy atom. The molecule has 2 nitrogen and oxygen atoms in total. The van der Waals surface area contributed by atoms with Crippen molar-refractivity contribution < 1.29 is 4.79 Å². The number of rotatable bonds is 2. The Morgan fingerprint density at radius 1 is 1.00 bits per heavy atom. The second-order valence-electron chi connectivity index (χ2n) is 6.73. The van der Waals surface area contributed by atoms with Gasteiger partial charge in [-0.25, -0.2) is 0 Å². The molecule has 1 atom stereocenters. The van der Waals surface area contributed by atoms with E-state index in [9.17, 15) is 4.79 Å². The summed E-state index contributed by atoms with van der Waals surface area (Å²) in [7, 11) is 0. The minimum atomic E-state index is 0.180. The van der Waals surface area contributed by atoms with E-state index in [0.29, 0.717) is 5.92 Å². The van der Waals surface area contributed by atoms with E-state index in [1.54, 1.807) is 0 Å². The first-order valence-corrected chi connectivity index (χ1v) is 8.56. The zero-order chi connectivity index (χ0) is 16.2. The Bertz CT molecular complexity index is 657. The molecule has 2 aromatic carbocycles. The van der Waals surface area contributed by atoms with E-state index < -0.39 is 0 Å². The number of carbonyl (C=O) groups is 1. The minimum Gasteiger partial charge on any atom is -0.338 e. The number of amides is 1. The smallest absolute Gasteiger partial charge is 0.253 e. The van der Waals surface area contributed by atoms with E-state index in [1.807, 2.05) is 12.1 Å². The number of aryl methyl sites for hydroxylation is 2. The Labute approximate surface area is 139 Å². The van der Waals surface area contributed by atoms with Gasteiger partial charge in [-0.3, -0.25) is 4.79 Å². The van der Waals surface area contributed by atoms with E-state index in [0.717, 1.165) is 36.2 Å². The maximum absolute atomic E-state index is 13.0. The van der Waals surface area contributed by atoms with Crippen molar-refractivity contribution in [2.24, 2.45) is 0 Å². The van der Waals surface area contributed by atoms with Crippen molar-refractivity contribution in [3.8, 4) is 0 Å². The summed E-state index contributed by atoms with van der Waals surface area (Å²) in [4.78, 5) is 15.0. The van der Waals surface area contributed by atoms with Gasteiger partial charge in [-0.15, -0.1) is 0 Å². The predicted octanol–water partition coefficient (Wildman–Crippen LogP) is 4.71. The quantitative estimate of drug-likeness (QED) is 0.786. The minimum absolute atomic E-state index is 0.180. The Hall–Kier alpha value is -2.09. The second kappa shape index (κ2) is 6.99. The first-order chi connectivity index (χ1) is 11.1. The molecule has 23 heavy (non-hydrogen) atoms. The molecule has 1 amide bonds. The standard InChI is InChI=1S/C21H25NO/c1-16-12-17(2)14-20(13-16)21(23)22-11-7-6-10-19(15-22)18-8-4-3-5-9-18/h3-5,8-9,12-14,19H,6-7,10-11,15H2,1-2H3. The normalized spacial score (nSPS) is 18.5. The van der Waals surface area contributed by atoms with Gasteiger partial charge in [0.2, 0.25) is 0 Å². The topological polar surface area (TPSA) is 20.3 Å². The molecule has 2 heteroatoms. The van der Waals surface area contributed by atoms with Crippen LogP contribution < -0.4 is 0 Å². The van der Waals surface area contributed by atoms with Crippen LogP contribution in [0.5, 0.6) is 0 Å². The summed E-state index contributed by atoms with van der Waals surface area (Å²) < 4.78 is 0. The number of benzene rings is 2. The van der Waals surface area contributed by atoms with Crippen LogP contribution >= 0.6 is 0 Å². The van der Waals surface area contributed by atoms with E-state index in [2.05, 4.69) is 55.1 Å². The molecular formula is C21H25NO. The maximum Gasteiger partial charge on any atom is 0.253 e. The van der Waals surface area contributed by atoms with Crippen LogP contribution in [-0.4, -0.2) is 23.9 Å². The molecule has 0 N–H and O–H groups in total. The maximum atomic E-state index is 13.0. The summed E-state index contributed by atoms with van der Waals surface area (Å²) in [5.41, 5.74) is 4.49. The fourth-order valence-corrected chi connectivity index (χ4v) is 3.60. The predicted molar refractivity (Wildman–Crippen MR) is 94.9 cm³/mol. The van der Waals surface area contributed by atoms with Gasteiger partial charge in [-0.05, 0) is 44.4 Å². The molecule has 0 aromatic heterocycles. The van der Waals surface area contributed by atoms with Gasteiger partial charge in [0.05, 0.1) is 0 Å². The monoisotopic (exact) mass is 307 g/mol. The van der Waals surface area contributed by atoms with Gasteiger partial charge >= 0.3 is 0 Å². The highest BCUT2D eigenvalue weighted by atomic mass is 16.2. The number of nitrogens with zero attached hydrogens (tertiary/aromatic N) is 1. The van der Waals surface area contributed by atoms with Crippen molar-refractivity contribution in [1.29, 1.82) is 0 Å². The summed E-state index contributed by atoms with van der Waals surface area (Å²) in [6.07, 6.45) is 3.46. The molecule has 1 fully saturated rings. The lowest BCUT2D eigenvalue weighted by atomic mass is 9.94. The lowest BCUT2D eigenvalue weighted by molar-refractivity contribution is 0.0754. The highest BCUT2D eigenvalue weighted by molar-refractivity contribution is 5.94. The van der Waals surface area contributed by atoms with Crippen molar-refractivity contribution in [3.63, 3.8) is 0 Å². The van der Waals surface area contributed by atoms with Crippen molar-refractivity contribution in [3.05, 3.63) is 70.8 Å². The van der Waals surface area contributed by atoms with Crippen LogP contribution in [0.25, 0.3) is 0 Å². The van der Waals surface area contributed by atoms with Crippen LogP contribution in [0, 0.1) is 13.8 Å². The average molecular weight is 307 g/mol. The lowest BCUT2D eigenvalue weighted by Crippen LogP contribution is -2.34. The largest absolute Gasteiger partial charge is 0.338 e. The number of hydrogen-bond donors (Lipinski definition) is 0. The molecule has 1 aliphatic rings. The Balaban J connectivity index is 1.82. The molecule has 120 valence electrons. The zero-order valence-electron chi connectivity index (χ0n) is 14.1. The second-order valence-corrected chi connectivity index (χ2v) is 6.73. The third kappa shape index (κ3) is 3.82. The average Bonchev–Trinajstić information content (AvgIpc) is 2.80. The highest BCUT2D eigenvalue weighted by Crippen LogP contribution is 2.27. The first kappa shape index (κ1) is 15.8. The number of carbonyl (C=O) groups excluding carboxylic acids is 1. The van der Waals surface area contributed by atoms with Crippen LogP contribution in [0.4, 0.5) is 0 Å². The third-order valence-electron chi connectivity index (χ3n) is 4.70. The number of likely N-dealkylation sites (tertiary alicyclic amines) is 1. The summed E-state index contributed by atoms with van der Waals surface area (Å²) in [6, 6.07) is 16.8. The van der Waals surface area contributed by atoms with Gasteiger partial charge in [0.25, 0.3) is 5.91 Å². The molecule has 3 rings (SSSR count). The molecule has 0 bridgehead atoms. The van der Waals surface area contributed by atoms with Crippen molar-refractivity contribution in [2.45, 2.75) is 39.0 Å². The van der Waals surface area contributed by atoms with Crippen LogP contribution in [0.3, 0.4) is 0 Å². The van der Waals surface area contributed by atoms with Crippen molar-refractivity contribution >= 4 is 5.91 Å². The van der Waals surface area contributed by atoms with Gasteiger partial charge in [0.1, 0.15) is 0 Å². The zero-order valence-corrected chi connectivity index (χ0v) is 14.1. The van der Waals surface area contributed by atoms with Crippen molar-refractivity contribution in [2.75, 3.05) is 13.1 Å². The first-order valence-electron chi connectivity index (χ1n) is 8.56. The Kier molecular flexibility index (Phi) is 4.80. The fraction of sp³-hybridized carbons (Fsp3) is 0.381. The number of hydrogen-bond acceptors (Lipinski definition) is 1. The van der Waals surface area contributed by atoms with E-state index in [1.165, 1.54) is 18.4 Å². The molecule has 0 spiro atoms. The van der Waals surface area contributed by atoms with E-state index in [4.69, 9.17) is 0 Å². The van der Waals surface area contributed by atoms with E-state index in [-0.39, 0.29) is 5.91 Å². The molecule has 0 saturated carbocycles. The highest BCUT2D eigenvalue weighted by Gasteiger charge is 2.24. The van der Waals surface area contributed by atoms with Gasteiger partial charge in [-0.1, -0.05) is 53.9 Å². The van der Waals surface area contributed by atoms with Gasteiger partial charge in [-0.2, -0.15) is 0 Å². The molecule has 0 aliphatic carbocycles. The van der Waals surface area contributed by atoms with Crippen LogP contribution in [0.15, 0.2) is 48.5 Å². The molecular weight excluding hydrogens is 282 g/mol. The van der Waals surface area contributed by atoms with Gasteiger partial charge < -0.3 is 4.90 Å². The SMILES string of the molecule is Cc1cc(C)cc(C(=O)N2CCCCC(c3ccccc3)C2)c1. The molecule has 2 aromatic rings. The molecule has 1 unspecified atom stereocenters. The summed E-state index contributed by atoms with van der Waals surface area (Å²) in [6.45, 7) is 5.81. The molecule has 1 heterocycles. The summed E-state index contributed by atoms with van der Waals surface area (Å²) in [5, 5.41) is 0. The van der Waals surface area contributed by atoms with Crippen LogP contribution in [-0.2, 0) is 0 Å². The van der Waals surface area contributed by atoms with Crippen LogP contribution in [0.2, 0.25) is 0 Å². The lowest BCUT2D eigenvalue weighted by Gasteiger charge is -2.25. The molecule has 1 saturated heterocycles. The fourth-order valence-electron chi connectivity index (χ4n) is 3.60.